The van der Waals surface area contributed by atoms with E-state index in [9.17, 15) is 4.79 Å². The van der Waals surface area contributed by atoms with E-state index in [1.807, 2.05) is 11.8 Å². The van der Waals surface area contributed by atoms with Gasteiger partial charge >= 0.3 is 0 Å². The zero-order valence-corrected chi connectivity index (χ0v) is 13.4. The largest absolute Gasteiger partial charge is 0.377 e. The molecule has 1 N–H and O–H groups in total. The van der Waals surface area contributed by atoms with Gasteiger partial charge in [0.15, 0.2) is 0 Å². The van der Waals surface area contributed by atoms with Crippen molar-refractivity contribution >= 4 is 5.91 Å². The summed E-state index contributed by atoms with van der Waals surface area (Å²) < 4.78 is 5.63. The van der Waals surface area contributed by atoms with E-state index in [0.717, 1.165) is 19.3 Å². The summed E-state index contributed by atoms with van der Waals surface area (Å²) in [7, 11) is 0. The molecule has 116 valence electrons. The van der Waals surface area contributed by atoms with Gasteiger partial charge in [0.05, 0.1) is 17.8 Å². The fourth-order valence-corrected chi connectivity index (χ4v) is 3.67. The Morgan fingerprint density at radius 1 is 1.35 bits per heavy atom. The highest BCUT2D eigenvalue weighted by molar-refractivity contribution is 5.89. The van der Waals surface area contributed by atoms with Crippen LogP contribution in [-0.2, 0) is 9.53 Å². The van der Waals surface area contributed by atoms with Crippen molar-refractivity contribution < 1.29 is 9.53 Å². The van der Waals surface area contributed by atoms with E-state index in [1.165, 1.54) is 12.8 Å². The summed E-state index contributed by atoms with van der Waals surface area (Å²) in [5.41, 5.74) is -0.258. The molecule has 2 aliphatic rings. The normalized spacial score (nSPS) is 26.9. The number of carbonyl (C=O) groups is 1. The Kier molecular flexibility index (Phi) is 5.08. The molecule has 2 fully saturated rings. The third-order valence-corrected chi connectivity index (χ3v) is 4.55. The van der Waals surface area contributed by atoms with Crippen molar-refractivity contribution in [2.45, 2.75) is 77.6 Å². The summed E-state index contributed by atoms with van der Waals surface area (Å²) in [5, 5.41) is 3.67. The first-order chi connectivity index (χ1) is 9.48. The third kappa shape index (κ3) is 3.17. The first-order valence-corrected chi connectivity index (χ1v) is 8.19. The smallest absolute Gasteiger partial charge is 0.244 e. The van der Waals surface area contributed by atoms with Crippen LogP contribution in [0.1, 0.15) is 59.8 Å². The molecule has 1 aliphatic carbocycles. The lowest BCUT2D eigenvalue weighted by Gasteiger charge is -2.28. The molecule has 0 aromatic rings. The zero-order valence-electron chi connectivity index (χ0n) is 13.4. The first-order valence-electron chi connectivity index (χ1n) is 8.19. The molecule has 20 heavy (non-hydrogen) atoms. The maximum atomic E-state index is 12.9. The average molecular weight is 282 g/mol. The molecule has 1 saturated carbocycles. The van der Waals surface area contributed by atoms with Gasteiger partial charge in [-0.25, -0.2) is 0 Å². The van der Waals surface area contributed by atoms with E-state index in [-0.39, 0.29) is 17.8 Å². The molecule has 0 aromatic carbocycles. The summed E-state index contributed by atoms with van der Waals surface area (Å²) in [6.07, 6.45) is 5.65. The number of nitrogens with one attached hydrogen (secondary N) is 1. The zero-order chi connectivity index (χ0) is 14.8. The SMILES string of the molecule is CCOC(C)CN1C(=O)C2(CCCC2)NC1CC(C)C. The highest BCUT2D eigenvalue weighted by Gasteiger charge is 2.52. The Bertz CT molecular complexity index is 337. The maximum absolute atomic E-state index is 12.9. The molecule has 0 aromatic heterocycles. The predicted molar refractivity (Wildman–Crippen MR) is 80.4 cm³/mol. The topological polar surface area (TPSA) is 41.6 Å². The van der Waals surface area contributed by atoms with Gasteiger partial charge in [-0.2, -0.15) is 0 Å². The van der Waals surface area contributed by atoms with Crippen LogP contribution in [0.25, 0.3) is 0 Å². The van der Waals surface area contributed by atoms with Crippen LogP contribution in [0.5, 0.6) is 0 Å². The van der Waals surface area contributed by atoms with Gasteiger partial charge in [-0.15, -0.1) is 0 Å². The van der Waals surface area contributed by atoms with Gasteiger partial charge in [0.2, 0.25) is 5.91 Å². The van der Waals surface area contributed by atoms with E-state index in [1.54, 1.807) is 0 Å². The van der Waals surface area contributed by atoms with Gasteiger partial charge in [-0.1, -0.05) is 26.7 Å². The predicted octanol–water partition coefficient (Wildman–Crippen LogP) is 2.53. The second-order valence-electron chi connectivity index (χ2n) is 6.80. The molecule has 1 saturated heterocycles. The van der Waals surface area contributed by atoms with Gasteiger partial charge in [0, 0.05) is 13.2 Å². The van der Waals surface area contributed by atoms with Crippen molar-refractivity contribution in [1.82, 2.24) is 10.2 Å². The molecular weight excluding hydrogens is 252 g/mol. The van der Waals surface area contributed by atoms with Gasteiger partial charge < -0.3 is 9.64 Å². The Labute approximate surface area is 123 Å². The van der Waals surface area contributed by atoms with Crippen molar-refractivity contribution in [3.63, 3.8) is 0 Å². The minimum atomic E-state index is -0.258. The first kappa shape index (κ1) is 15.8. The molecule has 4 nitrogen and oxygen atoms in total. The molecule has 1 aliphatic heterocycles. The van der Waals surface area contributed by atoms with E-state index < -0.39 is 0 Å². The summed E-state index contributed by atoms with van der Waals surface area (Å²) in [4.78, 5) is 14.9. The lowest BCUT2D eigenvalue weighted by Crippen LogP contribution is -2.45. The van der Waals surface area contributed by atoms with Crippen LogP contribution < -0.4 is 5.32 Å². The Balaban J connectivity index is 2.09. The van der Waals surface area contributed by atoms with Crippen LogP contribution in [0, 0.1) is 5.92 Å². The van der Waals surface area contributed by atoms with Crippen molar-refractivity contribution in [3.05, 3.63) is 0 Å². The van der Waals surface area contributed by atoms with E-state index in [4.69, 9.17) is 4.74 Å². The standard InChI is InChI=1S/C16H30N2O2/c1-5-20-13(4)11-18-14(10-12(2)3)17-16(15(18)19)8-6-7-9-16/h12-14,17H,5-11H2,1-4H3. The van der Waals surface area contributed by atoms with Gasteiger partial charge in [-0.3, -0.25) is 10.1 Å². The summed E-state index contributed by atoms with van der Waals surface area (Å²) in [5.74, 6) is 0.897. The minimum Gasteiger partial charge on any atom is -0.377 e. The van der Waals surface area contributed by atoms with Gasteiger partial charge in [-0.05, 0) is 39.0 Å². The van der Waals surface area contributed by atoms with Crippen LogP contribution in [0.2, 0.25) is 0 Å². The molecular formula is C16H30N2O2. The fraction of sp³-hybridized carbons (Fsp3) is 0.938. The second-order valence-corrected chi connectivity index (χ2v) is 6.80. The minimum absolute atomic E-state index is 0.108. The number of carbonyl (C=O) groups excluding carboxylic acids is 1. The number of hydrogen-bond acceptors (Lipinski definition) is 3. The molecule has 2 unspecified atom stereocenters. The highest BCUT2D eigenvalue weighted by Crippen LogP contribution is 2.37. The number of ether oxygens (including phenoxy) is 1. The van der Waals surface area contributed by atoms with Gasteiger partial charge in [0.25, 0.3) is 0 Å². The van der Waals surface area contributed by atoms with Crippen LogP contribution in [0.3, 0.4) is 0 Å². The number of nitrogens with zero attached hydrogens (tertiary/aromatic N) is 1. The molecule has 1 heterocycles. The lowest BCUT2D eigenvalue weighted by molar-refractivity contribution is -0.135. The number of rotatable bonds is 6. The van der Waals surface area contributed by atoms with Crippen molar-refractivity contribution in [1.29, 1.82) is 0 Å². The van der Waals surface area contributed by atoms with Crippen molar-refractivity contribution in [3.8, 4) is 0 Å². The molecule has 1 spiro atoms. The lowest BCUT2D eigenvalue weighted by atomic mass is 9.98. The molecule has 1 amide bonds. The Morgan fingerprint density at radius 3 is 2.55 bits per heavy atom. The maximum Gasteiger partial charge on any atom is 0.244 e. The molecule has 0 radical (unpaired) electrons. The highest BCUT2D eigenvalue weighted by atomic mass is 16.5. The summed E-state index contributed by atoms with van der Waals surface area (Å²) >= 11 is 0. The summed E-state index contributed by atoms with van der Waals surface area (Å²) in [6.45, 7) is 9.91. The number of hydrogen-bond donors (Lipinski definition) is 1. The molecule has 4 heteroatoms. The number of amides is 1. The fourth-order valence-electron chi connectivity index (χ4n) is 3.67. The monoisotopic (exact) mass is 282 g/mol. The molecule has 2 atom stereocenters. The summed E-state index contributed by atoms with van der Waals surface area (Å²) in [6, 6.07) is 0. The van der Waals surface area contributed by atoms with Crippen molar-refractivity contribution in [2.75, 3.05) is 13.2 Å². The van der Waals surface area contributed by atoms with E-state index in [2.05, 4.69) is 26.1 Å². The van der Waals surface area contributed by atoms with Crippen LogP contribution in [-0.4, -0.2) is 41.8 Å². The van der Waals surface area contributed by atoms with Crippen molar-refractivity contribution in [2.24, 2.45) is 5.92 Å². The van der Waals surface area contributed by atoms with Gasteiger partial charge in [0.1, 0.15) is 0 Å². The quantitative estimate of drug-likeness (QED) is 0.814. The Morgan fingerprint density at radius 2 is 2.00 bits per heavy atom. The Hall–Kier alpha value is -0.610. The van der Waals surface area contributed by atoms with E-state index >= 15 is 0 Å². The van der Waals surface area contributed by atoms with Crippen LogP contribution >= 0.6 is 0 Å². The second kappa shape index (κ2) is 6.44. The van der Waals surface area contributed by atoms with Crippen LogP contribution in [0.4, 0.5) is 0 Å². The van der Waals surface area contributed by atoms with E-state index in [0.29, 0.717) is 25.0 Å². The molecule has 2 rings (SSSR count). The van der Waals surface area contributed by atoms with Crippen LogP contribution in [0.15, 0.2) is 0 Å². The average Bonchev–Trinajstić information content (AvgIpc) is 2.91. The third-order valence-electron chi connectivity index (χ3n) is 4.55. The molecule has 0 bridgehead atoms.